The average Bonchev–Trinajstić information content (AvgIpc) is 2.37. The number of phenols is 1. The molecule has 6 heteroatoms. The van der Waals surface area contributed by atoms with E-state index >= 15 is 0 Å². The van der Waals surface area contributed by atoms with Crippen LogP contribution in [0.1, 0.15) is 18.4 Å². The summed E-state index contributed by atoms with van der Waals surface area (Å²) in [4.78, 5) is 0. The molecule has 0 saturated carbocycles. The van der Waals surface area contributed by atoms with Gasteiger partial charge in [-0.3, -0.25) is 0 Å². The van der Waals surface area contributed by atoms with E-state index in [2.05, 4.69) is 5.32 Å². The van der Waals surface area contributed by atoms with Crippen molar-refractivity contribution in [1.82, 2.24) is 9.62 Å². The van der Waals surface area contributed by atoms with E-state index in [-0.39, 0.29) is 5.75 Å². The van der Waals surface area contributed by atoms with Gasteiger partial charge in [-0.2, -0.15) is 0 Å². The summed E-state index contributed by atoms with van der Waals surface area (Å²) in [6.45, 7) is 1.92. The molecular formula is C13H20N2O3S. The van der Waals surface area contributed by atoms with E-state index in [1.807, 2.05) is 12.1 Å². The summed E-state index contributed by atoms with van der Waals surface area (Å²) in [5.41, 5.74) is 1.11. The molecule has 0 unspecified atom stereocenters. The van der Waals surface area contributed by atoms with Crippen LogP contribution in [0, 0.1) is 0 Å². The van der Waals surface area contributed by atoms with Crippen LogP contribution in [-0.2, 0) is 16.6 Å². The number of nitrogens with one attached hydrogen (secondary N) is 1. The minimum atomic E-state index is -3.04. The number of benzene rings is 1. The third-order valence-corrected chi connectivity index (χ3v) is 4.76. The van der Waals surface area contributed by atoms with Gasteiger partial charge in [0.25, 0.3) is 0 Å². The van der Waals surface area contributed by atoms with E-state index in [4.69, 9.17) is 0 Å². The fraction of sp³-hybridized carbons (Fsp3) is 0.538. The topological polar surface area (TPSA) is 69.6 Å². The van der Waals surface area contributed by atoms with E-state index < -0.39 is 10.0 Å². The molecule has 1 aliphatic rings. The molecular weight excluding hydrogens is 264 g/mol. The van der Waals surface area contributed by atoms with E-state index in [0.29, 0.717) is 19.1 Å². The summed E-state index contributed by atoms with van der Waals surface area (Å²) in [6.07, 6.45) is 2.94. The van der Waals surface area contributed by atoms with Crippen LogP contribution in [0.3, 0.4) is 0 Å². The Hall–Kier alpha value is -1.11. The van der Waals surface area contributed by atoms with Crippen LogP contribution in [0.15, 0.2) is 24.3 Å². The summed E-state index contributed by atoms with van der Waals surface area (Å²) in [6, 6.07) is 7.46. The monoisotopic (exact) mass is 284 g/mol. The number of sulfonamides is 1. The van der Waals surface area contributed by atoms with Crippen LogP contribution in [0.4, 0.5) is 0 Å². The van der Waals surface area contributed by atoms with Crippen molar-refractivity contribution in [2.24, 2.45) is 0 Å². The van der Waals surface area contributed by atoms with Crippen LogP contribution in [0.2, 0.25) is 0 Å². The first kappa shape index (κ1) is 14.3. The number of nitrogens with zero attached hydrogens (tertiary/aromatic N) is 1. The molecule has 1 heterocycles. The molecule has 1 fully saturated rings. The van der Waals surface area contributed by atoms with Gasteiger partial charge in [-0.1, -0.05) is 12.1 Å². The molecule has 5 nitrogen and oxygen atoms in total. The number of piperidine rings is 1. The predicted octanol–water partition coefficient (Wildman–Crippen LogP) is 0.906. The maximum atomic E-state index is 11.4. The van der Waals surface area contributed by atoms with Crippen molar-refractivity contribution in [2.45, 2.75) is 25.4 Å². The zero-order valence-corrected chi connectivity index (χ0v) is 11.9. The first-order valence-corrected chi connectivity index (χ1v) is 8.26. The van der Waals surface area contributed by atoms with E-state index in [9.17, 15) is 13.5 Å². The fourth-order valence-electron chi connectivity index (χ4n) is 2.27. The first-order chi connectivity index (χ1) is 8.95. The Kier molecular flexibility index (Phi) is 4.44. The van der Waals surface area contributed by atoms with Gasteiger partial charge in [0.2, 0.25) is 10.0 Å². The van der Waals surface area contributed by atoms with Gasteiger partial charge in [-0.15, -0.1) is 0 Å². The predicted molar refractivity (Wildman–Crippen MR) is 74.4 cm³/mol. The lowest BCUT2D eigenvalue weighted by atomic mass is 10.1. The molecule has 0 spiro atoms. The molecule has 2 N–H and O–H groups in total. The molecule has 106 valence electrons. The second-order valence-electron chi connectivity index (χ2n) is 4.98. The smallest absolute Gasteiger partial charge is 0.211 e. The Morgan fingerprint density at radius 1 is 1.26 bits per heavy atom. The van der Waals surface area contributed by atoms with Gasteiger partial charge in [-0.25, -0.2) is 12.7 Å². The largest absolute Gasteiger partial charge is 0.508 e. The summed E-state index contributed by atoms with van der Waals surface area (Å²) in [5, 5.41) is 12.6. The van der Waals surface area contributed by atoms with Gasteiger partial charge in [0.1, 0.15) is 5.75 Å². The first-order valence-electron chi connectivity index (χ1n) is 6.41. The molecule has 19 heavy (non-hydrogen) atoms. The van der Waals surface area contributed by atoms with Crippen molar-refractivity contribution in [1.29, 1.82) is 0 Å². The molecule has 0 aliphatic carbocycles. The molecule has 1 aliphatic heterocycles. The van der Waals surface area contributed by atoms with Crippen molar-refractivity contribution < 1.29 is 13.5 Å². The van der Waals surface area contributed by atoms with Crippen molar-refractivity contribution in [2.75, 3.05) is 19.3 Å². The van der Waals surface area contributed by atoms with Crippen molar-refractivity contribution in [3.8, 4) is 5.75 Å². The molecule has 1 saturated heterocycles. The summed E-state index contributed by atoms with van der Waals surface area (Å²) < 4.78 is 24.3. The van der Waals surface area contributed by atoms with Crippen molar-refractivity contribution in [3.63, 3.8) is 0 Å². The number of aromatic hydroxyl groups is 1. The fourth-order valence-corrected chi connectivity index (χ4v) is 3.14. The Morgan fingerprint density at radius 3 is 2.37 bits per heavy atom. The van der Waals surface area contributed by atoms with Crippen LogP contribution in [-0.4, -0.2) is 43.2 Å². The van der Waals surface area contributed by atoms with Crippen molar-refractivity contribution in [3.05, 3.63) is 29.8 Å². The van der Waals surface area contributed by atoms with Crippen LogP contribution in [0.5, 0.6) is 5.75 Å². The van der Waals surface area contributed by atoms with Gasteiger partial charge in [0, 0.05) is 25.7 Å². The second-order valence-corrected chi connectivity index (χ2v) is 6.97. The summed E-state index contributed by atoms with van der Waals surface area (Å²) in [7, 11) is -3.04. The van der Waals surface area contributed by atoms with E-state index in [1.54, 1.807) is 12.1 Å². The van der Waals surface area contributed by atoms with Gasteiger partial charge in [0.05, 0.1) is 6.26 Å². The van der Waals surface area contributed by atoms with Crippen LogP contribution < -0.4 is 5.32 Å². The number of hydrogen-bond donors (Lipinski definition) is 2. The number of rotatable bonds is 4. The Balaban J connectivity index is 1.78. The average molecular weight is 284 g/mol. The van der Waals surface area contributed by atoms with Crippen LogP contribution >= 0.6 is 0 Å². The molecule has 0 radical (unpaired) electrons. The second kappa shape index (κ2) is 5.90. The lowest BCUT2D eigenvalue weighted by Gasteiger charge is -2.30. The van der Waals surface area contributed by atoms with E-state index in [0.717, 1.165) is 24.9 Å². The molecule has 1 aromatic carbocycles. The Morgan fingerprint density at radius 2 is 1.84 bits per heavy atom. The van der Waals surface area contributed by atoms with Gasteiger partial charge < -0.3 is 10.4 Å². The normalized spacial score (nSPS) is 18.6. The highest BCUT2D eigenvalue weighted by atomic mass is 32.2. The van der Waals surface area contributed by atoms with Gasteiger partial charge in [-0.05, 0) is 30.5 Å². The minimum Gasteiger partial charge on any atom is -0.508 e. The Bertz CT molecular complexity index is 505. The Labute approximate surface area is 114 Å². The lowest BCUT2D eigenvalue weighted by Crippen LogP contribution is -2.44. The highest BCUT2D eigenvalue weighted by molar-refractivity contribution is 7.88. The lowest BCUT2D eigenvalue weighted by molar-refractivity contribution is 0.290. The van der Waals surface area contributed by atoms with E-state index in [1.165, 1.54) is 10.6 Å². The van der Waals surface area contributed by atoms with Gasteiger partial charge >= 0.3 is 0 Å². The molecule has 0 bridgehead atoms. The van der Waals surface area contributed by atoms with Crippen molar-refractivity contribution >= 4 is 10.0 Å². The summed E-state index contributed by atoms with van der Waals surface area (Å²) >= 11 is 0. The molecule has 0 aromatic heterocycles. The third kappa shape index (κ3) is 4.19. The highest BCUT2D eigenvalue weighted by Crippen LogP contribution is 2.14. The zero-order chi connectivity index (χ0) is 13.9. The number of hydrogen-bond acceptors (Lipinski definition) is 4. The SMILES string of the molecule is CS(=O)(=O)N1CCC(NCc2ccc(O)cc2)CC1. The summed E-state index contributed by atoms with van der Waals surface area (Å²) in [5.74, 6) is 0.269. The van der Waals surface area contributed by atoms with Gasteiger partial charge in [0.15, 0.2) is 0 Å². The molecule has 0 atom stereocenters. The molecule has 0 amide bonds. The highest BCUT2D eigenvalue weighted by Gasteiger charge is 2.24. The standard InChI is InChI=1S/C13H20N2O3S/c1-19(17,18)15-8-6-12(7-9-15)14-10-11-2-4-13(16)5-3-11/h2-5,12,14,16H,6-10H2,1H3. The van der Waals surface area contributed by atoms with Crippen LogP contribution in [0.25, 0.3) is 0 Å². The maximum absolute atomic E-state index is 11.4. The third-order valence-electron chi connectivity index (χ3n) is 3.45. The zero-order valence-electron chi connectivity index (χ0n) is 11.0. The number of phenolic OH excluding ortho intramolecular Hbond substituents is 1. The quantitative estimate of drug-likeness (QED) is 0.862. The minimum absolute atomic E-state index is 0.269. The maximum Gasteiger partial charge on any atom is 0.211 e. The molecule has 2 rings (SSSR count). The molecule has 1 aromatic rings.